The highest BCUT2D eigenvalue weighted by Gasteiger charge is 2.15. The lowest BCUT2D eigenvalue weighted by Crippen LogP contribution is -2.31. The number of hydrogen-bond donors (Lipinski definition) is 1. The van der Waals surface area contributed by atoms with E-state index in [9.17, 15) is 4.79 Å². The van der Waals surface area contributed by atoms with Crippen LogP contribution in [0, 0.1) is 0 Å². The summed E-state index contributed by atoms with van der Waals surface area (Å²) in [4.78, 5) is 12.6. The molecule has 1 rings (SSSR count). The zero-order valence-electron chi connectivity index (χ0n) is 9.67. The van der Waals surface area contributed by atoms with Crippen LogP contribution in [-0.2, 0) is 4.79 Å². The first kappa shape index (κ1) is 15.9. The molecule has 1 aromatic rings. The summed E-state index contributed by atoms with van der Waals surface area (Å²) in [7, 11) is 0. The number of thioether (sulfide) groups is 1. The molecule has 1 amide bonds. The van der Waals surface area contributed by atoms with Crippen LogP contribution in [0.3, 0.4) is 0 Å². The molecule has 0 aliphatic heterocycles. The van der Waals surface area contributed by atoms with E-state index in [0.717, 1.165) is 9.38 Å². The van der Waals surface area contributed by atoms with Gasteiger partial charge >= 0.3 is 0 Å². The van der Waals surface area contributed by atoms with Gasteiger partial charge in [-0.2, -0.15) is 0 Å². The number of carbonyl (C=O) groups is 1. The molecule has 18 heavy (non-hydrogen) atoms. The van der Waals surface area contributed by atoms with Crippen LogP contribution in [0.4, 0.5) is 0 Å². The van der Waals surface area contributed by atoms with Crippen LogP contribution in [0.5, 0.6) is 0 Å². The standard InChI is InChI=1S/C12H12BrCl2NOS/c1-7(13)6-16-12(17)8(2)18-11-5-9(14)3-4-10(11)15/h3-5,8H,1,6H2,2H3,(H,16,17). The lowest BCUT2D eigenvalue weighted by atomic mass is 10.4. The molecule has 98 valence electrons. The van der Waals surface area contributed by atoms with Gasteiger partial charge in [0.1, 0.15) is 0 Å². The Kier molecular flexibility index (Phi) is 6.57. The summed E-state index contributed by atoms with van der Waals surface area (Å²) in [5.74, 6) is -0.0726. The van der Waals surface area contributed by atoms with Gasteiger partial charge in [-0.25, -0.2) is 0 Å². The average molecular weight is 369 g/mol. The van der Waals surface area contributed by atoms with Crippen LogP contribution in [0.2, 0.25) is 10.0 Å². The number of carbonyl (C=O) groups excluding carboxylic acids is 1. The number of nitrogens with one attached hydrogen (secondary N) is 1. The minimum absolute atomic E-state index is 0.0726. The molecule has 2 nitrogen and oxygen atoms in total. The zero-order valence-corrected chi connectivity index (χ0v) is 13.6. The normalized spacial score (nSPS) is 12.0. The molecular formula is C12H12BrCl2NOS. The number of hydrogen-bond acceptors (Lipinski definition) is 2. The van der Waals surface area contributed by atoms with Crippen LogP contribution >= 0.6 is 50.9 Å². The minimum Gasteiger partial charge on any atom is -0.351 e. The quantitative estimate of drug-likeness (QED) is 0.775. The predicted molar refractivity (Wildman–Crippen MR) is 82.9 cm³/mol. The van der Waals surface area contributed by atoms with Crippen molar-refractivity contribution in [2.45, 2.75) is 17.1 Å². The van der Waals surface area contributed by atoms with Gasteiger partial charge in [0.05, 0.1) is 10.3 Å². The molecule has 1 N–H and O–H groups in total. The van der Waals surface area contributed by atoms with Crippen molar-refractivity contribution in [1.82, 2.24) is 5.32 Å². The second-order valence-electron chi connectivity index (χ2n) is 3.57. The van der Waals surface area contributed by atoms with Crippen molar-refractivity contribution in [3.8, 4) is 0 Å². The summed E-state index contributed by atoms with van der Waals surface area (Å²) >= 11 is 16.5. The Morgan fingerprint density at radius 3 is 2.83 bits per heavy atom. The van der Waals surface area contributed by atoms with Gasteiger partial charge in [-0.3, -0.25) is 4.79 Å². The van der Waals surface area contributed by atoms with E-state index in [1.54, 1.807) is 18.2 Å². The fourth-order valence-corrected chi connectivity index (χ4v) is 2.71. The monoisotopic (exact) mass is 367 g/mol. The van der Waals surface area contributed by atoms with E-state index in [0.29, 0.717) is 16.6 Å². The summed E-state index contributed by atoms with van der Waals surface area (Å²) in [5, 5.41) is 3.69. The number of rotatable bonds is 5. The Hall–Kier alpha value is -0.160. The Morgan fingerprint density at radius 1 is 1.56 bits per heavy atom. The summed E-state index contributed by atoms with van der Waals surface area (Å²) < 4.78 is 0.730. The molecule has 0 aliphatic rings. The fourth-order valence-electron chi connectivity index (χ4n) is 1.14. The second-order valence-corrected chi connectivity index (χ2v) is 6.92. The van der Waals surface area contributed by atoms with E-state index in [1.165, 1.54) is 11.8 Å². The minimum atomic E-state index is -0.257. The van der Waals surface area contributed by atoms with E-state index < -0.39 is 0 Å². The second kappa shape index (κ2) is 7.43. The number of amides is 1. The first-order valence-corrected chi connectivity index (χ1v) is 7.55. The summed E-state index contributed by atoms with van der Waals surface area (Å²) in [5.41, 5.74) is 0. The highest BCUT2D eigenvalue weighted by atomic mass is 79.9. The van der Waals surface area contributed by atoms with Crippen molar-refractivity contribution in [2.24, 2.45) is 0 Å². The third-order valence-electron chi connectivity index (χ3n) is 2.02. The highest BCUT2D eigenvalue weighted by Crippen LogP contribution is 2.32. The Morgan fingerprint density at radius 2 is 2.22 bits per heavy atom. The van der Waals surface area contributed by atoms with E-state index in [1.807, 2.05) is 6.92 Å². The van der Waals surface area contributed by atoms with E-state index in [2.05, 4.69) is 27.8 Å². The highest BCUT2D eigenvalue weighted by molar-refractivity contribution is 9.11. The molecule has 1 atom stereocenters. The van der Waals surface area contributed by atoms with Gasteiger partial charge < -0.3 is 5.32 Å². The van der Waals surface area contributed by atoms with Crippen LogP contribution in [0.1, 0.15) is 6.92 Å². The van der Waals surface area contributed by atoms with Crippen molar-refractivity contribution >= 4 is 56.8 Å². The summed E-state index contributed by atoms with van der Waals surface area (Å²) in [6.45, 7) is 5.88. The maximum Gasteiger partial charge on any atom is 0.233 e. The molecule has 0 spiro atoms. The first-order chi connectivity index (χ1) is 8.40. The van der Waals surface area contributed by atoms with Gasteiger partial charge in [0.15, 0.2) is 0 Å². The number of halogens is 3. The summed E-state index contributed by atoms with van der Waals surface area (Å²) in [6, 6.07) is 5.19. The van der Waals surface area contributed by atoms with Crippen molar-refractivity contribution in [2.75, 3.05) is 6.54 Å². The van der Waals surface area contributed by atoms with Crippen LogP contribution < -0.4 is 5.32 Å². The molecule has 6 heteroatoms. The maximum atomic E-state index is 11.8. The first-order valence-electron chi connectivity index (χ1n) is 5.13. The third-order valence-corrected chi connectivity index (χ3v) is 4.14. The molecule has 0 saturated heterocycles. The lowest BCUT2D eigenvalue weighted by molar-refractivity contribution is -0.120. The van der Waals surface area contributed by atoms with Crippen LogP contribution in [-0.4, -0.2) is 17.7 Å². The Bertz CT molecular complexity index is 467. The van der Waals surface area contributed by atoms with E-state index >= 15 is 0 Å². The van der Waals surface area contributed by atoms with Gasteiger partial charge in [0, 0.05) is 20.9 Å². The van der Waals surface area contributed by atoms with Gasteiger partial charge in [-0.15, -0.1) is 11.8 Å². The summed E-state index contributed by atoms with van der Waals surface area (Å²) in [6.07, 6.45) is 0. The molecule has 0 fully saturated rings. The molecule has 0 radical (unpaired) electrons. The Labute approximate surface area is 129 Å². The van der Waals surface area contributed by atoms with Gasteiger partial charge in [-0.1, -0.05) is 45.7 Å². The Balaban J connectivity index is 2.63. The molecule has 0 saturated carbocycles. The van der Waals surface area contributed by atoms with E-state index in [4.69, 9.17) is 23.2 Å². The third kappa shape index (κ3) is 5.22. The molecular weight excluding hydrogens is 357 g/mol. The van der Waals surface area contributed by atoms with Gasteiger partial charge in [0.25, 0.3) is 0 Å². The molecule has 1 unspecified atom stereocenters. The zero-order chi connectivity index (χ0) is 13.7. The molecule has 0 heterocycles. The molecule has 0 aromatic heterocycles. The van der Waals surface area contributed by atoms with Crippen LogP contribution in [0.25, 0.3) is 0 Å². The van der Waals surface area contributed by atoms with Crippen molar-refractivity contribution in [1.29, 1.82) is 0 Å². The average Bonchev–Trinajstić information content (AvgIpc) is 2.30. The predicted octanol–water partition coefficient (Wildman–Crippen LogP) is 4.50. The van der Waals surface area contributed by atoms with Gasteiger partial charge in [-0.05, 0) is 25.1 Å². The number of benzene rings is 1. The van der Waals surface area contributed by atoms with Crippen molar-refractivity contribution < 1.29 is 4.79 Å². The largest absolute Gasteiger partial charge is 0.351 e. The van der Waals surface area contributed by atoms with Crippen LogP contribution in [0.15, 0.2) is 34.2 Å². The van der Waals surface area contributed by atoms with Crippen molar-refractivity contribution in [3.63, 3.8) is 0 Å². The van der Waals surface area contributed by atoms with E-state index in [-0.39, 0.29) is 11.2 Å². The molecule has 1 aromatic carbocycles. The maximum absolute atomic E-state index is 11.8. The topological polar surface area (TPSA) is 29.1 Å². The lowest BCUT2D eigenvalue weighted by Gasteiger charge is -2.12. The smallest absolute Gasteiger partial charge is 0.233 e. The SMILES string of the molecule is C=C(Br)CNC(=O)C(C)Sc1cc(Cl)ccc1Cl. The molecule has 0 bridgehead atoms. The molecule has 0 aliphatic carbocycles. The van der Waals surface area contributed by atoms with Crippen molar-refractivity contribution in [3.05, 3.63) is 39.3 Å². The fraction of sp³-hybridized carbons (Fsp3) is 0.250. The van der Waals surface area contributed by atoms with Gasteiger partial charge in [0.2, 0.25) is 5.91 Å².